The summed E-state index contributed by atoms with van der Waals surface area (Å²) in [5, 5.41) is 9.28. The zero-order valence-corrected chi connectivity index (χ0v) is 15.9. The van der Waals surface area contributed by atoms with Crippen molar-refractivity contribution >= 4 is 46.3 Å². The normalized spacial score (nSPS) is 20.2. The summed E-state index contributed by atoms with van der Waals surface area (Å²) in [6, 6.07) is 6.63. The molecule has 3 rings (SSSR count). The summed E-state index contributed by atoms with van der Waals surface area (Å²) in [6.45, 7) is 4.83. The molecule has 2 saturated heterocycles. The number of nitrogens with zero attached hydrogens (tertiary/aromatic N) is 2. The third-order valence-corrected chi connectivity index (χ3v) is 5.69. The van der Waals surface area contributed by atoms with Crippen molar-refractivity contribution in [1.29, 1.82) is 0 Å². The van der Waals surface area contributed by atoms with Crippen molar-refractivity contribution < 1.29 is 19.4 Å². The number of ether oxygens (including phenoxy) is 1. The van der Waals surface area contributed by atoms with Crippen LogP contribution in [-0.2, 0) is 9.53 Å². The number of amides is 1. The van der Waals surface area contributed by atoms with Crippen LogP contribution in [0.25, 0.3) is 6.08 Å². The summed E-state index contributed by atoms with van der Waals surface area (Å²) < 4.78 is 5.86. The zero-order chi connectivity index (χ0) is 18.5. The zero-order valence-electron chi connectivity index (χ0n) is 14.2. The number of carboxylic acid groups (broad SMARTS) is 1. The van der Waals surface area contributed by atoms with E-state index in [4.69, 9.17) is 17.0 Å². The number of benzene rings is 1. The maximum absolute atomic E-state index is 12.7. The molecular weight excluding hydrogens is 372 g/mol. The molecule has 1 aromatic carbocycles. The number of rotatable bonds is 6. The minimum atomic E-state index is -1.02. The predicted octanol–water partition coefficient (Wildman–Crippen LogP) is 2.31. The monoisotopic (exact) mass is 392 g/mol. The van der Waals surface area contributed by atoms with Gasteiger partial charge in [-0.15, -0.1) is 0 Å². The molecule has 8 heteroatoms. The molecule has 2 aliphatic heterocycles. The second-order valence-electron chi connectivity index (χ2n) is 6.03. The average Bonchev–Trinajstić information content (AvgIpc) is 2.90. The van der Waals surface area contributed by atoms with E-state index in [1.54, 1.807) is 29.2 Å². The maximum Gasteiger partial charge on any atom is 0.336 e. The number of morpholine rings is 1. The fourth-order valence-electron chi connectivity index (χ4n) is 2.93. The van der Waals surface area contributed by atoms with Gasteiger partial charge >= 0.3 is 5.97 Å². The highest BCUT2D eigenvalue weighted by molar-refractivity contribution is 8.26. The summed E-state index contributed by atoms with van der Waals surface area (Å²) >= 11 is 6.57. The van der Waals surface area contributed by atoms with Crippen LogP contribution in [0.1, 0.15) is 22.3 Å². The topological polar surface area (TPSA) is 70.1 Å². The number of thioether (sulfide) groups is 1. The van der Waals surface area contributed by atoms with Crippen LogP contribution in [0, 0.1) is 0 Å². The van der Waals surface area contributed by atoms with Gasteiger partial charge in [0.25, 0.3) is 5.91 Å². The SMILES string of the molecule is O=C(O)c1ccccc1/C=C1/SC(=S)N(CCCN2CCOCC2)C1=O. The Morgan fingerprint density at radius 2 is 2.00 bits per heavy atom. The van der Waals surface area contributed by atoms with Crippen LogP contribution >= 0.6 is 24.0 Å². The lowest BCUT2D eigenvalue weighted by atomic mass is 10.1. The minimum Gasteiger partial charge on any atom is -0.478 e. The Hall–Kier alpha value is -1.74. The van der Waals surface area contributed by atoms with Gasteiger partial charge in [0.2, 0.25) is 0 Å². The lowest BCUT2D eigenvalue weighted by Crippen LogP contribution is -2.38. The molecule has 0 bridgehead atoms. The van der Waals surface area contributed by atoms with Crippen LogP contribution in [0.2, 0.25) is 0 Å². The molecule has 0 unspecified atom stereocenters. The van der Waals surface area contributed by atoms with E-state index in [-0.39, 0.29) is 11.5 Å². The molecule has 0 spiro atoms. The van der Waals surface area contributed by atoms with Gasteiger partial charge in [-0.1, -0.05) is 42.2 Å². The fraction of sp³-hybridized carbons (Fsp3) is 0.389. The van der Waals surface area contributed by atoms with E-state index in [1.165, 1.54) is 17.8 Å². The molecule has 26 heavy (non-hydrogen) atoms. The highest BCUT2D eigenvalue weighted by Crippen LogP contribution is 2.33. The third kappa shape index (κ3) is 4.50. The molecule has 0 radical (unpaired) electrons. The predicted molar refractivity (Wildman–Crippen MR) is 105 cm³/mol. The molecule has 2 fully saturated rings. The first-order valence-electron chi connectivity index (χ1n) is 8.44. The molecule has 6 nitrogen and oxygen atoms in total. The van der Waals surface area contributed by atoms with Gasteiger partial charge in [0.05, 0.1) is 23.7 Å². The van der Waals surface area contributed by atoms with Crippen molar-refractivity contribution in [2.45, 2.75) is 6.42 Å². The molecule has 0 atom stereocenters. The van der Waals surface area contributed by atoms with Gasteiger partial charge in [-0.3, -0.25) is 14.6 Å². The Balaban J connectivity index is 1.64. The number of hydrogen-bond acceptors (Lipinski definition) is 6. The maximum atomic E-state index is 12.7. The van der Waals surface area contributed by atoms with Gasteiger partial charge in [-0.25, -0.2) is 4.79 Å². The third-order valence-electron chi connectivity index (χ3n) is 4.31. The first-order chi connectivity index (χ1) is 12.6. The van der Waals surface area contributed by atoms with Crippen molar-refractivity contribution in [2.75, 3.05) is 39.4 Å². The van der Waals surface area contributed by atoms with Gasteiger partial charge in [0.15, 0.2) is 0 Å². The van der Waals surface area contributed by atoms with Gasteiger partial charge < -0.3 is 9.84 Å². The summed E-state index contributed by atoms with van der Waals surface area (Å²) in [5.41, 5.74) is 0.680. The quantitative estimate of drug-likeness (QED) is 0.588. The molecule has 0 aromatic heterocycles. The number of hydrogen-bond donors (Lipinski definition) is 1. The van der Waals surface area contributed by atoms with Gasteiger partial charge in [0, 0.05) is 26.2 Å². The second kappa shape index (κ2) is 8.77. The Bertz CT molecular complexity index is 744. The molecule has 138 valence electrons. The minimum absolute atomic E-state index is 0.151. The van der Waals surface area contributed by atoms with E-state index < -0.39 is 5.97 Å². The number of carboxylic acids is 1. The number of carbonyl (C=O) groups excluding carboxylic acids is 1. The van der Waals surface area contributed by atoms with Crippen LogP contribution in [0.4, 0.5) is 0 Å². The highest BCUT2D eigenvalue weighted by Gasteiger charge is 2.32. The summed E-state index contributed by atoms with van der Waals surface area (Å²) in [4.78, 5) is 28.4. The first-order valence-corrected chi connectivity index (χ1v) is 9.66. The van der Waals surface area contributed by atoms with Crippen LogP contribution in [0.5, 0.6) is 0 Å². The van der Waals surface area contributed by atoms with E-state index >= 15 is 0 Å². The highest BCUT2D eigenvalue weighted by atomic mass is 32.2. The molecule has 0 aliphatic carbocycles. The molecule has 0 saturated carbocycles. The van der Waals surface area contributed by atoms with Crippen LogP contribution in [0.15, 0.2) is 29.2 Å². The van der Waals surface area contributed by atoms with Crippen LogP contribution in [-0.4, -0.2) is 70.5 Å². The Morgan fingerprint density at radius 3 is 2.73 bits per heavy atom. The number of carbonyl (C=O) groups is 2. The molecule has 1 aromatic rings. The van der Waals surface area contributed by atoms with Crippen molar-refractivity contribution in [3.63, 3.8) is 0 Å². The second-order valence-corrected chi connectivity index (χ2v) is 7.71. The summed E-state index contributed by atoms with van der Waals surface area (Å²) in [5.74, 6) is -1.17. The van der Waals surface area contributed by atoms with E-state index in [0.29, 0.717) is 21.3 Å². The van der Waals surface area contributed by atoms with E-state index in [2.05, 4.69) is 4.90 Å². The largest absolute Gasteiger partial charge is 0.478 e. The molecule has 2 heterocycles. The smallest absolute Gasteiger partial charge is 0.336 e. The number of thiocarbonyl (C=S) groups is 1. The van der Waals surface area contributed by atoms with Crippen LogP contribution < -0.4 is 0 Å². The molecular formula is C18H20N2O4S2. The lowest BCUT2D eigenvalue weighted by molar-refractivity contribution is -0.122. The van der Waals surface area contributed by atoms with Gasteiger partial charge in [-0.05, 0) is 24.1 Å². The average molecular weight is 393 g/mol. The van der Waals surface area contributed by atoms with Crippen molar-refractivity contribution in [1.82, 2.24) is 9.80 Å². The van der Waals surface area contributed by atoms with E-state index in [0.717, 1.165) is 39.3 Å². The summed E-state index contributed by atoms with van der Waals surface area (Å²) in [7, 11) is 0. The standard InChI is InChI=1S/C18H20N2O4S2/c21-16-15(12-13-4-1-2-5-14(13)17(22)23)26-18(25)20(16)7-3-6-19-8-10-24-11-9-19/h1-2,4-5,12H,3,6-11H2,(H,22,23)/b15-12+. The van der Waals surface area contributed by atoms with Gasteiger partial charge in [0.1, 0.15) is 4.32 Å². The fourth-order valence-corrected chi connectivity index (χ4v) is 4.23. The van der Waals surface area contributed by atoms with Crippen molar-refractivity contribution in [3.05, 3.63) is 40.3 Å². The molecule has 2 aliphatic rings. The Labute approximate surface area is 161 Å². The lowest BCUT2D eigenvalue weighted by Gasteiger charge is -2.27. The summed E-state index contributed by atoms with van der Waals surface area (Å²) in [6.07, 6.45) is 2.45. The van der Waals surface area contributed by atoms with Crippen LogP contribution in [0.3, 0.4) is 0 Å². The molecule has 1 amide bonds. The van der Waals surface area contributed by atoms with Crippen molar-refractivity contribution in [2.24, 2.45) is 0 Å². The Morgan fingerprint density at radius 1 is 1.27 bits per heavy atom. The van der Waals surface area contributed by atoms with E-state index in [9.17, 15) is 14.7 Å². The molecule has 1 N–H and O–H groups in total. The first kappa shape index (κ1) is 19.0. The van der Waals surface area contributed by atoms with E-state index in [1.807, 2.05) is 0 Å². The Kier molecular flexibility index (Phi) is 6.42. The van der Waals surface area contributed by atoms with Crippen molar-refractivity contribution in [3.8, 4) is 0 Å². The van der Waals surface area contributed by atoms with Gasteiger partial charge in [-0.2, -0.15) is 0 Å². The number of aromatic carboxylic acids is 1.